The molecule has 5 nitrogen and oxygen atoms in total. The number of nitrogens with zero attached hydrogens (tertiary/aromatic N) is 1. The first-order chi connectivity index (χ1) is 10.8. The summed E-state index contributed by atoms with van der Waals surface area (Å²) < 4.78 is 11.1. The maximum atomic E-state index is 12.1. The van der Waals surface area contributed by atoms with E-state index in [2.05, 4.69) is 10.3 Å². The minimum Gasteiger partial charge on any atom is -0.486 e. The van der Waals surface area contributed by atoms with Crippen LogP contribution in [0, 0.1) is 5.92 Å². The summed E-state index contributed by atoms with van der Waals surface area (Å²) in [5.41, 5.74) is 1.37. The molecule has 0 bridgehead atoms. The van der Waals surface area contributed by atoms with E-state index in [1.54, 1.807) is 6.08 Å². The molecule has 0 radical (unpaired) electrons. The van der Waals surface area contributed by atoms with E-state index in [0.717, 1.165) is 35.7 Å². The molecule has 0 aromatic heterocycles. The molecular weight excluding hydrogens is 280 g/mol. The predicted molar refractivity (Wildman–Crippen MR) is 82.9 cm³/mol. The molecule has 4 rings (SSSR count). The van der Waals surface area contributed by atoms with Crippen LogP contribution in [0.1, 0.15) is 31.2 Å². The second kappa shape index (κ2) is 5.48. The van der Waals surface area contributed by atoms with Crippen molar-refractivity contribution in [3.8, 4) is 11.5 Å². The van der Waals surface area contributed by atoms with Gasteiger partial charge in [-0.15, -0.1) is 0 Å². The Morgan fingerprint density at radius 1 is 1.14 bits per heavy atom. The summed E-state index contributed by atoms with van der Waals surface area (Å²) in [5, 5.41) is 2.92. The van der Waals surface area contributed by atoms with Crippen LogP contribution in [0.3, 0.4) is 0 Å². The number of amidine groups is 1. The second-order valence-corrected chi connectivity index (χ2v) is 5.87. The van der Waals surface area contributed by atoms with Gasteiger partial charge in [0.25, 0.3) is 5.91 Å². The van der Waals surface area contributed by atoms with Crippen molar-refractivity contribution in [3.63, 3.8) is 0 Å². The maximum Gasteiger partial charge on any atom is 0.275 e. The Morgan fingerprint density at radius 2 is 1.91 bits per heavy atom. The molecule has 1 aliphatic carbocycles. The van der Waals surface area contributed by atoms with Gasteiger partial charge in [-0.3, -0.25) is 4.79 Å². The van der Waals surface area contributed by atoms with E-state index >= 15 is 0 Å². The minimum absolute atomic E-state index is 0.114. The number of hydrogen-bond acceptors (Lipinski definition) is 4. The monoisotopic (exact) mass is 298 g/mol. The fourth-order valence-electron chi connectivity index (χ4n) is 3.19. The van der Waals surface area contributed by atoms with Crippen LogP contribution < -0.4 is 14.8 Å². The van der Waals surface area contributed by atoms with E-state index in [1.165, 1.54) is 12.8 Å². The van der Waals surface area contributed by atoms with Crippen LogP contribution in [0.4, 0.5) is 0 Å². The van der Waals surface area contributed by atoms with Crippen LogP contribution in [-0.4, -0.2) is 25.0 Å². The lowest BCUT2D eigenvalue weighted by Gasteiger charge is -2.18. The standard InChI is InChI=1S/C17H18N2O3/c20-17-13(18-16(19-17)12-3-1-2-4-12)9-11-5-6-14-15(10-11)22-8-7-21-14/h5-6,9-10,12H,1-4,7-8H2,(H,18,19,20)/b13-9+. The number of hydrogen-bond donors (Lipinski definition) is 1. The number of fused-ring (bicyclic) bond motifs is 1. The maximum absolute atomic E-state index is 12.1. The molecule has 1 amide bonds. The molecule has 1 N–H and O–H groups in total. The molecule has 0 atom stereocenters. The van der Waals surface area contributed by atoms with Crippen LogP contribution in [-0.2, 0) is 4.79 Å². The van der Waals surface area contributed by atoms with E-state index in [9.17, 15) is 4.79 Å². The smallest absolute Gasteiger partial charge is 0.275 e. The average Bonchev–Trinajstić information content (AvgIpc) is 3.18. The Balaban J connectivity index is 1.60. The molecule has 1 aromatic rings. The molecule has 1 aromatic carbocycles. The van der Waals surface area contributed by atoms with E-state index in [4.69, 9.17) is 9.47 Å². The summed E-state index contributed by atoms with van der Waals surface area (Å²) in [6.45, 7) is 1.13. The summed E-state index contributed by atoms with van der Waals surface area (Å²) in [5.74, 6) is 2.61. The Labute approximate surface area is 129 Å². The molecular formula is C17H18N2O3. The lowest BCUT2D eigenvalue weighted by atomic mass is 10.1. The third-order valence-corrected chi connectivity index (χ3v) is 4.33. The Morgan fingerprint density at radius 3 is 2.73 bits per heavy atom. The summed E-state index contributed by atoms with van der Waals surface area (Å²) in [6, 6.07) is 5.67. The number of carbonyl (C=O) groups excluding carboxylic acids is 1. The van der Waals surface area contributed by atoms with E-state index in [0.29, 0.717) is 24.8 Å². The number of carbonyl (C=O) groups is 1. The van der Waals surface area contributed by atoms with Gasteiger partial charge in [-0.1, -0.05) is 18.9 Å². The van der Waals surface area contributed by atoms with Crippen molar-refractivity contribution in [1.29, 1.82) is 0 Å². The summed E-state index contributed by atoms with van der Waals surface area (Å²) in [4.78, 5) is 16.6. The van der Waals surface area contributed by atoms with Gasteiger partial charge in [-0.2, -0.15) is 0 Å². The van der Waals surface area contributed by atoms with Crippen molar-refractivity contribution in [2.75, 3.05) is 13.2 Å². The predicted octanol–water partition coefficient (Wildman–Crippen LogP) is 2.52. The number of nitrogens with one attached hydrogen (secondary N) is 1. The van der Waals surface area contributed by atoms with Gasteiger partial charge >= 0.3 is 0 Å². The summed E-state index contributed by atoms with van der Waals surface area (Å²) >= 11 is 0. The number of ether oxygens (including phenoxy) is 2. The van der Waals surface area contributed by atoms with Gasteiger partial charge in [-0.25, -0.2) is 4.99 Å². The van der Waals surface area contributed by atoms with Crippen molar-refractivity contribution in [1.82, 2.24) is 5.32 Å². The third kappa shape index (κ3) is 2.47. The van der Waals surface area contributed by atoms with E-state index < -0.39 is 0 Å². The van der Waals surface area contributed by atoms with Crippen LogP contribution in [0.15, 0.2) is 28.9 Å². The molecule has 0 saturated heterocycles. The van der Waals surface area contributed by atoms with Crippen molar-refractivity contribution < 1.29 is 14.3 Å². The zero-order valence-electron chi connectivity index (χ0n) is 12.3. The zero-order valence-corrected chi connectivity index (χ0v) is 12.3. The molecule has 3 aliphatic rings. The van der Waals surface area contributed by atoms with Gasteiger partial charge < -0.3 is 14.8 Å². The van der Waals surface area contributed by atoms with Crippen LogP contribution in [0.2, 0.25) is 0 Å². The minimum atomic E-state index is -0.114. The summed E-state index contributed by atoms with van der Waals surface area (Å²) in [7, 11) is 0. The van der Waals surface area contributed by atoms with Gasteiger partial charge in [0.1, 0.15) is 24.7 Å². The zero-order chi connectivity index (χ0) is 14.9. The topological polar surface area (TPSA) is 59.9 Å². The van der Waals surface area contributed by atoms with E-state index in [-0.39, 0.29) is 5.91 Å². The quantitative estimate of drug-likeness (QED) is 0.853. The highest BCUT2D eigenvalue weighted by Crippen LogP contribution is 2.32. The average molecular weight is 298 g/mol. The van der Waals surface area contributed by atoms with Crippen LogP contribution >= 0.6 is 0 Å². The van der Waals surface area contributed by atoms with Gasteiger partial charge in [0.05, 0.1) is 0 Å². The van der Waals surface area contributed by atoms with Crippen molar-refractivity contribution in [3.05, 3.63) is 29.5 Å². The first kappa shape index (κ1) is 13.4. The molecule has 2 aliphatic heterocycles. The molecule has 22 heavy (non-hydrogen) atoms. The van der Waals surface area contributed by atoms with Gasteiger partial charge in [0, 0.05) is 5.92 Å². The van der Waals surface area contributed by atoms with Gasteiger partial charge in [-0.05, 0) is 36.6 Å². The number of benzene rings is 1. The molecule has 2 heterocycles. The third-order valence-electron chi connectivity index (χ3n) is 4.33. The van der Waals surface area contributed by atoms with Crippen LogP contribution in [0.5, 0.6) is 11.5 Å². The van der Waals surface area contributed by atoms with Gasteiger partial charge in [0.2, 0.25) is 0 Å². The Kier molecular flexibility index (Phi) is 3.33. The first-order valence-corrected chi connectivity index (χ1v) is 7.81. The molecule has 0 unspecified atom stereocenters. The summed E-state index contributed by atoms with van der Waals surface area (Å²) in [6.07, 6.45) is 6.49. The second-order valence-electron chi connectivity index (χ2n) is 5.87. The highest BCUT2D eigenvalue weighted by atomic mass is 16.6. The Bertz CT molecular complexity index is 672. The van der Waals surface area contributed by atoms with Crippen molar-refractivity contribution in [2.45, 2.75) is 25.7 Å². The molecule has 1 saturated carbocycles. The SMILES string of the molecule is O=C1NC(C2CCCC2)=N/C1=C/c1ccc2c(c1)OCCO2. The first-order valence-electron chi connectivity index (χ1n) is 7.81. The fraction of sp³-hybridized carbons (Fsp3) is 0.412. The molecule has 0 spiro atoms. The fourth-order valence-corrected chi connectivity index (χ4v) is 3.19. The highest BCUT2D eigenvalue weighted by Gasteiger charge is 2.28. The lowest BCUT2D eigenvalue weighted by molar-refractivity contribution is -0.115. The number of rotatable bonds is 2. The Hall–Kier alpha value is -2.30. The molecule has 114 valence electrons. The van der Waals surface area contributed by atoms with E-state index in [1.807, 2.05) is 18.2 Å². The van der Waals surface area contributed by atoms with Crippen LogP contribution in [0.25, 0.3) is 6.08 Å². The number of amides is 1. The van der Waals surface area contributed by atoms with Crippen molar-refractivity contribution >= 4 is 17.8 Å². The largest absolute Gasteiger partial charge is 0.486 e. The normalized spacial score (nSPS) is 22.8. The number of aliphatic imine (C=N–C) groups is 1. The van der Waals surface area contributed by atoms with Gasteiger partial charge in [0.15, 0.2) is 11.5 Å². The van der Waals surface area contributed by atoms with Crippen molar-refractivity contribution in [2.24, 2.45) is 10.9 Å². The molecule has 5 heteroatoms. The molecule has 1 fully saturated rings. The lowest BCUT2D eigenvalue weighted by Crippen LogP contribution is -2.29. The highest BCUT2D eigenvalue weighted by molar-refractivity contribution is 6.15.